The quantitative estimate of drug-likeness (QED) is 0.793. The van der Waals surface area contributed by atoms with Crippen molar-refractivity contribution >= 4 is 5.69 Å². The lowest BCUT2D eigenvalue weighted by atomic mass is 10.0. The van der Waals surface area contributed by atoms with E-state index in [4.69, 9.17) is 0 Å². The van der Waals surface area contributed by atoms with Crippen molar-refractivity contribution in [1.82, 2.24) is 5.32 Å². The van der Waals surface area contributed by atoms with E-state index in [0.717, 1.165) is 25.6 Å². The zero-order valence-corrected chi connectivity index (χ0v) is 12.6. The molecule has 0 aliphatic rings. The molecule has 0 amide bonds. The number of hydrogen-bond donors (Lipinski definition) is 1. The monoisotopic (exact) mass is 248 g/mol. The molecule has 0 saturated carbocycles. The summed E-state index contributed by atoms with van der Waals surface area (Å²) in [5.74, 6) is 0.744. The van der Waals surface area contributed by atoms with E-state index < -0.39 is 0 Å². The average molecular weight is 248 g/mol. The fourth-order valence-corrected chi connectivity index (χ4v) is 2.26. The Balaban J connectivity index is 2.96. The van der Waals surface area contributed by atoms with Crippen LogP contribution in [0.2, 0.25) is 0 Å². The van der Waals surface area contributed by atoms with Crippen molar-refractivity contribution in [3.8, 4) is 0 Å². The van der Waals surface area contributed by atoms with Gasteiger partial charge in [0.15, 0.2) is 0 Å². The average Bonchev–Trinajstić information content (AvgIpc) is 2.37. The van der Waals surface area contributed by atoms with Crippen LogP contribution in [0.5, 0.6) is 0 Å². The molecule has 0 aliphatic heterocycles. The first-order valence-corrected chi connectivity index (χ1v) is 7.11. The second-order valence-corrected chi connectivity index (χ2v) is 5.21. The Morgan fingerprint density at radius 2 is 2.00 bits per heavy atom. The third-order valence-electron chi connectivity index (χ3n) is 3.55. The van der Waals surface area contributed by atoms with Gasteiger partial charge in [0.2, 0.25) is 0 Å². The van der Waals surface area contributed by atoms with Crippen LogP contribution in [-0.2, 0) is 6.54 Å². The van der Waals surface area contributed by atoms with E-state index in [1.54, 1.807) is 0 Å². The third kappa shape index (κ3) is 4.02. The van der Waals surface area contributed by atoms with Gasteiger partial charge in [0.25, 0.3) is 0 Å². The van der Waals surface area contributed by atoms with Crippen LogP contribution < -0.4 is 10.2 Å². The molecule has 0 aliphatic carbocycles. The van der Waals surface area contributed by atoms with Gasteiger partial charge in [-0.15, -0.1) is 0 Å². The van der Waals surface area contributed by atoms with Gasteiger partial charge < -0.3 is 10.2 Å². The summed E-state index contributed by atoms with van der Waals surface area (Å²) in [6, 6.07) is 6.78. The minimum absolute atomic E-state index is 0.744. The molecule has 1 aromatic rings. The number of nitrogens with one attached hydrogen (secondary N) is 1. The topological polar surface area (TPSA) is 15.3 Å². The van der Waals surface area contributed by atoms with Crippen molar-refractivity contribution in [2.45, 2.75) is 40.7 Å². The van der Waals surface area contributed by atoms with Crippen molar-refractivity contribution in [1.29, 1.82) is 0 Å². The maximum Gasteiger partial charge on any atom is 0.0412 e. The Morgan fingerprint density at radius 1 is 1.28 bits per heavy atom. The molecule has 1 rings (SSSR count). The lowest BCUT2D eigenvalue weighted by Gasteiger charge is -2.28. The summed E-state index contributed by atoms with van der Waals surface area (Å²) in [4.78, 5) is 2.50. The Labute approximate surface area is 112 Å². The van der Waals surface area contributed by atoms with E-state index in [-0.39, 0.29) is 0 Å². The summed E-state index contributed by atoms with van der Waals surface area (Å²) >= 11 is 0. The van der Waals surface area contributed by atoms with E-state index in [1.807, 2.05) is 7.05 Å². The zero-order chi connectivity index (χ0) is 13.5. The van der Waals surface area contributed by atoms with E-state index in [1.165, 1.54) is 23.2 Å². The summed E-state index contributed by atoms with van der Waals surface area (Å²) in [7, 11) is 2.01. The van der Waals surface area contributed by atoms with Crippen molar-refractivity contribution < 1.29 is 0 Å². The van der Waals surface area contributed by atoms with Gasteiger partial charge in [-0.1, -0.05) is 38.0 Å². The maximum atomic E-state index is 3.27. The lowest BCUT2D eigenvalue weighted by molar-refractivity contribution is 0.547. The predicted molar refractivity (Wildman–Crippen MR) is 81.3 cm³/mol. The van der Waals surface area contributed by atoms with Gasteiger partial charge in [0.1, 0.15) is 0 Å². The van der Waals surface area contributed by atoms with Gasteiger partial charge in [0, 0.05) is 25.3 Å². The van der Waals surface area contributed by atoms with Crippen molar-refractivity contribution in [2.24, 2.45) is 5.92 Å². The van der Waals surface area contributed by atoms with Crippen molar-refractivity contribution in [2.75, 3.05) is 25.0 Å². The summed E-state index contributed by atoms with van der Waals surface area (Å²) < 4.78 is 0. The fourth-order valence-electron chi connectivity index (χ4n) is 2.26. The van der Waals surface area contributed by atoms with Gasteiger partial charge >= 0.3 is 0 Å². The van der Waals surface area contributed by atoms with E-state index in [9.17, 15) is 0 Å². The summed E-state index contributed by atoms with van der Waals surface area (Å²) in [6.45, 7) is 12.2. The first-order chi connectivity index (χ1) is 8.62. The molecule has 0 saturated heterocycles. The molecule has 0 bridgehead atoms. The highest BCUT2D eigenvalue weighted by Crippen LogP contribution is 2.23. The highest BCUT2D eigenvalue weighted by molar-refractivity contribution is 5.55. The molecule has 1 atom stereocenters. The first kappa shape index (κ1) is 15.0. The van der Waals surface area contributed by atoms with E-state index in [0.29, 0.717) is 0 Å². The molecule has 102 valence electrons. The molecule has 0 spiro atoms. The molecule has 0 heterocycles. The molecule has 0 aromatic heterocycles. The van der Waals surface area contributed by atoms with Crippen LogP contribution in [0, 0.1) is 12.8 Å². The Morgan fingerprint density at radius 3 is 2.56 bits per heavy atom. The molecule has 2 nitrogen and oxygen atoms in total. The highest BCUT2D eigenvalue weighted by atomic mass is 15.1. The van der Waals surface area contributed by atoms with Crippen LogP contribution in [0.15, 0.2) is 18.2 Å². The van der Waals surface area contributed by atoms with Crippen molar-refractivity contribution in [3.63, 3.8) is 0 Å². The normalized spacial score (nSPS) is 12.5. The second kappa shape index (κ2) is 7.42. The summed E-state index contributed by atoms with van der Waals surface area (Å²) in [5.41, 5.74) is 4.13. The number of rotatable bonds is 7. The zero-order valence-electron chi connectivity index (χ0n) is 12.6. The summed E-state index contributed by atoms with van der Waals surface area (Å²) in [5, 5.41) is 3.27. The number of nitrogens with zero attached hydrogens (tertiary/aromatic N) is 1. The molecule has 1 aromatic carbocycles. The van der Waals surface area contributed by atoms with Gasteiger partial charge in [-0.2, -0.15) is 0 Å². The smallest absolute Gasteiger partial charge is 0.0412 e. The van der Waals surface area contributed by atoms with Crippen LogP contribution in [0.4, 0.5) is 5.69 Å². The molecule has 2 heteroatoms. The lowest BCUT2D eigenvalue weighted by Crippen LogP contribution is -2.29. The minimum atomic E-state index is 0.744. The Bertz CT molecular complexity index is 360. The molecular weight excluding hydrogens is 220 g/mol. The predicted octanol–water partition coefficient (Wildman–Crippen LogP) is 3.59. The van der Waals surface area contributed by atoms with E-state index in [2.05, 4.69) is 56.1 Å². The number of benzene rings is 1. The number of anilines is 1. The van der Waals surface area contributed by atoms with Crippen LogP contribution >= 0.6 is 0 Å². The van der Waals surface area contributed by atoms with Crippen LogP contribution in [-0.4, -0.2) is 20.1 Å². The number of hydrogen-bond acceptors (Lipinski definition) is 2. The first-order valence-electron chi connectivity index (χ1n) is 7.11. The molecule has 1 N–H and O–H groups in total. The molecular formula is C16H28N2. The van der Waals surface area contributed by atoms with Crippen molar-refractivity contribution in [3.05, 3.63) is 29.3 Å². The van der Waals surface area contributed by atoms with Crippen LogP contribution in [0.3, 0.4) is 0 Å². The largest absolute Gasteiger partial charge is 0.371 e. The molecule has 1 unspecified atom stereocenters. The molecule has 0 radical (unpaired) electrons. The van der Waals surface area contributed by atoms with Gasteiger partial charge in [0.05, 0.1) is 0 Å². The van der Waals surface area contributed by atoms with Crippen LogP contribution in [0.1, 0.15) is 38.3 Å². The van der Waals surface area contributed by atoms with Gasteiger partial charge in [-0.05, 0) is 38.4 Å². The molecule has 0 fully saturated rings. The second-order valence-electron chi connectivity index (χ2n) is 5.21. The van der Waals surface area contributed by atoms with E-state index >= 15 is 0 Å². The highest BCUT2D eigenvalue weighted by Gasteiger charge is 2.12. The third-order valence-corrected chi connectivity index (χ3v) is 3.55. The molecule has 18 heavy (non-hydrogen) atoms. The fraction of sp³-hybridized carbons (Fsp3) is 0.625. The standard InChI is InChI=1S/C16H28N2/c1-6-13(3)12-18(7-2)16-9-8-14(4)10-15(16)11-17-5/h8-10,13,17H,6-7,11-12H2,1-5H3. The van der Waals surface area contributed by atoms with Gasteiger partial charge in [-0.25, -0.2) is 0 Å². The maximum absolute atomic E-state index is 3.27. The minimum Gasteiger partial charge on any atom is -0.371 e. The SMILES string of the molecule is CCC(C)CN(CC)c1ccc(C)cc1CNC. The Hall–Kier alpha value is -1.02. The summed E-state index contributed by atoms with van der Waals surface area (Å²) in [6.07, 6.45) is 1.24. The van der Waals surface area contributed by atoms with Crippen LogP contribution in [0.25, 0.3) is 0 Å². The van der Waals surface area contributed by atoms with Gasteiger partial charge in [-0.3, -0.25) is 0 Å². The number of aryl methyl sites for hydroxylation is 1. The Kier molecular flexibility index (Phi) is 6.20.